The number of anilines is 1. The lowest BCUT2D eigenvalue weighted by Gasteiger charge is -2.39. The molecule has 2 unspecified atom stereocenters. The molecular weight excluding hydrogens is 368 g/mol. The molecule has 2 atom stereocenters. The normalized spacial score (nSPS) is 25.3. The molecule has 2 aliphatic rings. The Morgan fingerprint density at radius 3 is 2.69 bits per heavy atom. The molecule has 8 nitrogen and oxygen atoms in total. The van der Waals surface area contributed by atoms with E-state index in [1.54, 1.807) is 19.2 Å². The number of amides is 2. The van der Waals surface area contributed by atoms with Crippen LogP contribution < -0.4 is 16.2 Å². The van der Waals surface area contributed by atoms with E-state index in [9.17, 15) is 9.59 Å². The maximum absolute atomic E-state index is 13.0. The summed E-state index contributed by atoms with van der Waals surface area (Å²) in [5.74, 6) is 0.947. The first-order chi connectivity index (χ1) is 13.9. The van der Waals surface area contributed by atoms with Crippen molar-refractivity contribution in [2.24, 2.45) is 5.41 Å². The Labute approximate surface area is 169 Å². The van der Waals surface area contributed by atoms with Crippen LogP contribution in [-0.4, -0.2) is 32.3 Å². The highest BCUT2D eigenvalue weighted by Gasteiger charge is 2.55. The zero-order chi connectivity index (χ0) is 20.5. The Bertz CT molecular complexity index is 948. The van der Waals surface area contributed by atoms with E-state index in [-0.39, 0.29) is 17.4 Å². The number of rotatable bonds is 5. The average Bonchev–Trinajstić information content (AvgIpc) is 2.97. The highest BCUT2D eigenvalue weighted by Crippen LogP contribution is 2.53. The molecule has 4 rings (SSSR count). The molecule has 2 fully saturated rings. The minimum Gasteiger partial charge on any atom is -0.345 e. The summed E-state index contributed by atoms with van der Waals surface area (Å²) in [7, 11) is 0. The van der Waals surface area contributed by atoms with Gasteiger partial charge in [0, 0.05) is 17.4 Å². The van der Waals surface area contributed by atoms with Crippen LogP contribution >= 0.6 is 0 Å². The van der Waals surface area contributed by atoms with E-state index in [1.165, 1.54) is 0 Å². The molecule has 0 saturated heterocycles. The monoisotopic (exact) mass is 394 g/mol. The third kappa shape index (κ3) is 3.92. The van der Waals surface area contributed by atoms with E-state index in [0.717, 1.165) is 37.8 Å². The van der Waals surface area contributed by atoms with Crippen LogP contribution in [0.2, 0.25) is 0 Å². The van der Waals surface area contributed by atoms with Crippen molar-refractivity contribution in [1.29, 1.82) is 0 Å². The number of nitrogens with zero attached hydrogens (tertiary/aromatic N) is 3. The zero-order valence-corrected chi connectivity index (χ0v) is 16.8. The second-order valence-corrected chi connectivity index (χ2v) is 8.28. The van der Waals surface area contributed by atoms with E-state index in [2.05, 4.69) is 31.1 Å². The van der Waals surface area contributed by atoms with Gasteiger partial charge in [0.25, 0.3) is 5.91 Å². The first kappa shape index (κ1) is 19.3. The second-order valence-electron chi connectivity index (χ2n) is 8.28. The van der Waals surface area contributed by atoms with Gasteiger partial charge < -0.3 is 5.32 Å². The number of hydrogen-bond acceptors (Lipinski definition) is 6. The summed E-state index contributed by atoms with van der Waals surface area (Å²) in [6.45, 7) is 3.66. The van der Waals surface area contributed by atoms with Crippen LogP contribution in [0.5, 0.6) is 0 Å². The minimum atomic E-state index is -0.468. The molecule has 2 heterocycles. The number of carbonyl (C=O) groups excluding carboxylic acids is 2. The first-order valence-electron chi connectivity index (χ1n) is 10.0. The van der Waals surface area contributed by atoms with Crippen molar-refractivity contribution in [1.82, 2.24) is 25.7 Å². The highest BCUT2D eigenvalue weighted by molar-refractivity contribution is 5.93. The summed E-state index contributed by atoms with van der Waals surface area (Å²) >= 11 is 0. The van der Waals surface area contributed by atoms with Crippen molar-refractivity contribution in [2.45, 2.75) is 57.9 Å². The predicted octanol–water partition coefficient (Wildman–Crippen LogP) is 2.45. The summed E-state index contributed by atoms with van der Waals surface area (Å²) in [5, 5.41) is 3.19. The summed E-state index contributed by atoms with van der Waals surface area (Å²) in [4.78, 5) is 38.4. The molecule has 3 N–H and O–H groups in total. The molecule has 29 heavy (non-hydrogen) atoms. The van der Waals surface area contributed by atoms with Crippen LogP contribution in [0.1, 0.15) is 60.5 Å². The number of aryl methyl sites for hydroxylation is 2. The third-order valence-corrected chi connectivity index (χ3v) is 6.13. The van der Waals surface area contributed by atoms with Gasteiger partial charge in [-0.25, -0.2) is 15.0 Å². The van der Waals surface area contributed by atoms with Crippen molar-refractivity contribution in [3.63, 3.8) is 0 Å². The Hall–Kier alpha value is -3.03. The summed E-state index contributed by atoms with van der Waals surface area (Å²) in [6.07, 6.45) is 6.39. The van der Waals surface area contributed by atoms with Gasteiger partial charge in [-0.2, -0.15) is 0 Å². The van der Waals surface area contributed by atoms with E-state index < -0.39 is 5.41 Å². The second kappa shape index (κ2) is 7.42. The van der Waals surface area contributed by atoms with Gasteiger partial charge in [-0.1, -0.05) is 12.5 Å². The predicted molar refractivity (Wildman–Crippen MR) is 108 cm³/mol. The fourth-order valence-corrected chi connectivity index (χ4v) is 4.73. The number of hydrogen-bond donors (Lipinski definition) is 3. The summed E-state index contributed by atoms with van der Waals surface area (Å²) in [6, 6.07) is 7.23. The standard InChI is InChI=1S/C21H26N6O2/c1-14-5-3-6-17(23-14)26-27-19(29)20-8-4-9-21(13-20,11-10-20)25-18(28)16-7-12-22-15(2)24-16/h3,5-7,12H,4,8-11,13H2,1-2H3,(H,23,26)(H,25,28)(H,27,29). The highest BCUT2D eigenvalue weighted by atomic mass is 16.2. The molecule has 2 aromatic rings. The van der Waals surface area contributed by atoms with Gasteiger partial charge in [0.05, 0.1) is 5.41 Å². The SMILES string of the molecule is Cc1cccc(NNC(=O)C23CCCC(NC(=O)c4ccnc(C)n4)(CC2)C3)n1. The van der Waals surface area contributed by atoms with Gasteiger partial charge in [0.1, 0.15) is 17.3 Å². The van der Waals surface area contributed by atoms with Crippen molar-refractivity contribution >= 4 is 17.6 Å². The Morgan fingerprint density at radius 2 is 1.90 bits per heavy atom. The number of fused-ring (bicyclic) bond motifs is 2. The van der Waals surface area contributed by atoms with Crippen LogP contribution in [0.15, 0.2) is 30.5 Å². The number of nitrogens with one attached hydrogen (secondary N) is 3. The number of hydrazine groups is 1. The smallest absolute Gasteiger partial charge is 0.270 e. The van der Waals surface area contributed by atoms with Gasteiger partial charge in [-0.3, -0.25) is 20.4 Å². The molecule has 0 spiro atoms. The zero-order valence-electron chi connectivity index (χ0n) is 16.8. The fraction of sp³-hybridized carbons (Fsp3) is 0.476. The van der Waals surface area contributed by atoms with E-state index in [0.29, 0.717) is 23.8 Å². The van der Waals surface area contributed by atoms with Crippen molar-refractivity contribution in [2.75, 3.05) is 5.43 Å². The Kier molecular flexibility index (Phi) is 4.94. The van der Waals surface area contributed by atoms with Crippen molar-refractivity contribution < 1.29 is 9.59 Å². The molecule has 2 aliphatic carbocycles. The maximum atomic E-state index is 13.0. The van der Waals surface area contributed by atoms with Crippen LogP contribution in [-0.2, 0) is 4.79 Å². The fourth-order valence-electron chi connectivity index (χ4n) is 4.73. The number of carbonyl (C=O) groups is 2. The molecule has 0 radical (unpaired) electrons. The van der Waals surface area contributed by atoms with E-state index >= 15 is 0 Å². The van der Waals surface area contributed by atoms with Gasteiger partial charge in [0.2, 0.25) is 5.91 Å². The molecule has 152 valence electrons. The molecule has 2 amide bonds. The van der Waals surface area contributed by atoms with E-state index in [1.807, 2.05) is 25.1 Å². The minimum absolute atomic E-state index is 0.0329. The maximum Gasteiger partial charge on any atom is 0.270 e. The van der Waals surface area contributed by atoms with Gasteiger partial charge in [-0.05, 0) is 64.2 Å². The lowest BCUT2D eigenvalue weighted by atomic mass is 9.72. The molecular formula is C21H26N6O2. The van der Waals surface area contributed by atoms with Crippen LogP contribution in [0.4, 0.5) is 5.82 Å². The number of pyridine rings is 1. The molecule has 0 aromatic carbocycles. The van der Waals surface area contributed by atoms with E-state index in [4.69, 9.17) is 0 Å². The Morgan fingerprint density at radius 1 is 1.03 bits per heavy atom. The van der Waals surface area contributed by atoms with Gasteiger partial charge in [0.15, 0.2) is 0 Å². The molecule has 8 heteroatoms. The van der Waals surface area contributed by atoms with Crippen LogP contribution in [0.3, 0.4) is 0 Å². The van der Waals surface area contributed by atoms with Gasteiger partial charge >= 0.3 is 0 Å². The lowest BCUT2D eigenvalue weighted by Crippen LogP contribution is -2.52. The summed E-state index contributed by atoms with van der Waals surface area (Å²) in [5.41, 5.74) is 6.19. The van der Waals surface area contributed by atoms with Gasteiger partial charge in [-0.15, -0.1) is 0 Å². The van der Waals surface area contributed by atoms with Crippen LogP contribution in [0.25, 0.3) is 0 Å². The first-order valence-corrected chi connectivity index (χ1v) is 10.0. The van der Waals surface area contributed by atoms with Crippen molar-refractivity contribution in [3.8, 4) is 0 Å². The average molecular weight is 394 g/mol. The van der Waals surface area contributed by atoms with Crippen LogP contribution in [0, 0.1) is 19.3 Å². The quantitative estimate of drug-likeness (QED) is 0.672. The molecule has 2 saturated carbocycles. The number of aromatic nitrogens is 3. The van der Waals surface area contributed by atoms with Crippen molar-refractivity contribution in [3.05, 3.63) is 47.7 Å². The topological polar surface area (TPSA) is 109 Å². The molecule has 2 aromatic heterocycles. The third-order valence-electron chi connectivity index (χ3n) is 6.13. The molecule has 0 aliphatic heterocycles. The molecule has 2 bridgehead atoms. The largest absolute Gasteiger partial charge is 0.345 e. The lowest BCUT2D eigenvalue weighted by molar-refractivity contribution is -0.131. The Balaban J connectivity index is 1.43. The summed E-state index contributed by atoms with van der Waals surface area (Å²) < 4.78 is 0.